The van der Waals surface area contributed by atoms with Crippen molar-refractivity contribution in [3.8, 4) is 0 Å². The fraction of sp³-hybridized carbons (Fsp3) is 1.00. The van der Waals surface area contributed by atoms with Crippen LogP contribution in [0.1, 0.15) is 0 Å². The molecule has 0 atom stereocenters. The summed E-state index contributed by atoms with van der Waals surface area (Å²) in [6.45, 7) is 0. The molecule has 0 saturated heterocycles. The monoisotopic (exact) mass is 202 g/mol. The van der Waals surface area contributed by atoms with E-state index in [2.05, 4.69) is 0 Å². The van der Waals surface area contributed by atoms with Crippen molar-refractivity contribution in [2.75, 3.05) is 21.1 Å². The first-order chi connectivity index (χ1) is 5.20. The molecule has 0 spiro atoms. The minimum Gasteiger partial charge on any atom is -0.344 e. The van der Waals surface area contributed by atoms with Crippen molar-refractivity contribution in [3.63, 3.8) is 0 Å². The second-order valence-electron chi connectivity index (χ2n) is 1.82. The maximum absolute atomic E-state index is 8.36. The van der Waals surface area contributed by atoms with E-state index < -0.39 is 10.2 Å². The third kappa shape index (κ3) is 253. The second kappa shape index (κ2) is 16.7. The van der Waals surface area contributed by atoms with Crippen molar-refractivity contribution < 1.29 is 20.6 Å². The Morgan fingerprint density at radius 2 is 1.00 bits per heavy atom. The van der Waals surface area contributed by atoms with Gasteiger partial charge < -0.3 is 21.5 Å². The molecule has 0 amide bonds. The molecule has 13 heavy (non-hydrogen) atoms. The average Bonchev–Trinajstić information content (AvgIpc) is 1.54. The molecule has 0 fully saturated rings. The SMILES string of the molecule is CN(C)C.N.O=[N+]([O-])O.O=[N+]([O-])O. The van der Waals surface area contributed by atoms with Gasteiger partial charge in [0.05, 0.1) is 0 Å². The van der Waals surface area contributed by atoms with Crippen molar-refractivity contribution in [1.82, 2.24) is 11.1 Å². The van der Waals surface area contributed by atoms with E-state index in [0.717, 1.165) is 0 Å². The first-order valence-electron chi connectivity index (χ1n) is 2.47. The van der Waals surface area contributed by atoms with Gasteiger partial charge in [-0.1, -0.05) is 0 Å². The second-order valence-corrected chi connectivity index (χ2v) is 1.82. The normalized spacial score (nSPS) is 6.46. The summed E-state index contributed by atoms with van der Waals surface area (Å²) in [5.41, 5.74) is 0. The molecule has 10 heteroatoms. The van der Waals surface area contributed by atoms with Crippen molar-refractivity contribution >= 4 is 0 Å². The van der Waals surface area contributed by atoms with Crippen LogP contribution in [0.3, 0.4) is 0 Å². The molecule has 0 aliphatic carbocycles. The zero-order valence-corrected chi connectivity index (χ0v) is 7.58. The number of hydrogen-bond acceptors (Lipinski definition) is 6. The molecule has 82 valence electrons. The molecule has 0 aromatic carbocycles. The maximum atomic E-state index is 8.36. The van der Waals surface area contributed by atoms with Crippen molar-refractivity contribution in [3.05, 3.63) is 20.2 Å². The van der Waals surface area contributed by atoms with Crippen LogP contribution in [0, 0.1) is 20.2 Å². The van der Waals surface area contributed by atoms with E-state index in [4.69, 9.17) is 30.6 Å². The van der Waals surface area contributed by atoms with Crippen molar-refractivity contribution in [1.29, 1.82) is 0 Å². The van der Waals surface area contributed by atoms with Crippen LogP contribution in [0.5, 0.6) is 0 Å². The van der Waals surface area contributed by atoms with Gasteiger partial charge in [0.1, 0.15) is 0 Å². The van der Waals surface area contributed by atoms with Gasteiger partial charge in [-0.25, -0.2) is 0 Å². The zero-order chi connectivity index (χ0) is 10.7. The van der Waals surface area contributed by atoms with Crippen LogP contribution in [-0.2, 0) is 0 Å². The lowest BCUT2D eigenvalue weighted by Crippen LogP contribution is -1.99. The standard InChI is InChI=1S/C3H9N.2HNO3.H3N/c1-4(2)3;2*2-1(3)4;/h1-3H3;2*(H,2,3,4);1H3. The van der Waals surface area contributed by atoms with Gasteiger partial charge in [-0.15, -0.1) is 20.2 Å². The zero-order valence-electron chi connectivity index (χ0n) is 7.58. The summed E-state index contributed by atoms with van der Waals surface area (Å²) >= 11 is 0. The summed E-state index contributed by atoms with van der Waals surface area (Å²) in [7, 11) is 6.00. The van der Waals surface area contributed by atoms with Gasteiger partial charge in [0.2, 0.25) is 0 Å². The fourth-order valence-electron chi connectivity index (χ4n) is 0. The van der Waals surface area contributed by atoms with Crippen LogP contribution in [-0.4, -0.2) is 46.6 Å². The Balaban J connectivity index is -0.0000000450. The Hall–Kier alpha value is -1.68. The Kier molecular flexibility index (Phi) is 29.0. The van der Waals surface area contributed by atoms with Gasteiger partial charge in [-0.3, -0.25) is 0 Å². The minimum absolute atomic E-state index is 0. The number of rotatable bonds is 0. The molecule has 5 N–H and O–H groups in total. The van der Waals surface area contributed by atoms with Gasteiger partial charge in [0.15, 0.2) is 0 Å². The molecule has 0 heterocycles. The largest absolute Gasteiger partial charge is 0.344 e. The number of hydrogen-bond donors (Lipinski definition) is 3. The smallest absolute Gasteiger partial charge is 0.291 e. The molecular weight excluding hydrogens is 188 g/mol. The summed E-state index contributed by atoms with van der Waals surface area (Å²) < 4.78 is 0. The lowest BCUT2D eigenvalue weighted by Gasteiger charge is -1.90. The highest BCUT2D eigenvalue weighted by Crippen LogP contribution is 1.47. The van der Waals surface area contributed by atoms with Crippen LogP contribution in [0.15, 0.2) is 0 Å². The quantitative estimate of drug-likeness (QED) is 0.353. The van der Waals surface area contributed by atoms with Crippen LogP contribution in [0.25, 0.3) is 0 Å². The van der Waals surface area contributed by atoms with Crippen molar-refractivity contribution in [2.45, 2.75) is 0 Å². The molecule has 0 aliphatic rings. The summed E-state index contributed by atoms with van der Waals surface area (Å²) in [6.07, 6.45) is 0. The first kappa shape index (κ1) is 22.5. The lowest BCUT2D eigenvalue weighted by molar-refractivity contribution is -0.742. The average molecular weight is 202 g/mol. The van der Waals surface area contributed by atoms with Crippen molar-refractivity contribution in [2.24, 2.45) is 0 Å². The topological polar surface area (TPSA) is 165 Å². The van der Waals surface area contributed by atoms with Crippen LogP contribution < -0.4 is 6.15 Å². The highest BCUT2D eigenvalue weighted by molar-refractivity contribution is 4.09. The highest BCUT2D eigenvalue weighted by Gasteiger charge is 1.65. The molecule has 0 rings (SSSR count). The number of nitrogens with zero attached hydrogens (tertiary/aromatic N) is 3. The Morgan fingerprint density at radius 3 is 1.00 bits per heavy atom. The van der Waals surface area contributed by atoms with E-state index in [0.29, 0.717) is 0 Å². The van der Waals surface area contributed by atoms with E-state index >= 15 is 0 Å². The van der Waals surface area contributed by atoms with Gasteiger partial charge in [0.25, 0.3) is 10.2 Å². The van der Waals surface area contributed by atoms with E-state index in [-0.39, 0.29) is 6.15 Å². The van der Waals surface area contributed by atoms with Crippen LogP contribution >= 0.6 is 0 Å². The highest BCUT2D eigenvalue weighted by atomic mass is 16.9. The summed E-state index contributed by atoms with van der Waals surface area (Å²) in [5, 5.41) is 27.3. The molecule has 0 aliphatic heterocycles. The molecule has 0 radical (unpaired) electrons. The van der Waals surface area contributed by atoms with Gasteiger partial charge in [-0.2, -0.15) is 0 Å². The molecule has 10 nitrogen and oxygen atoms in total. The molecule has 0 aromatic rings. The van der Waals surface area contributed by atoms with E-state index in [1.54, 1.807) is 0 Å². The van der Waals surface area contributed by atoms with E-state index in [1.807, 2.05) is 26.0 Å². The van der Waals surface area contributed by atoms with Crippen LogP contribution in [0.4, 0.5) is 0 Å². The summed E-state index contributed by atoms with van der Waals surface area (Å²) in [5.74, 6) is 0. The van der Waals surface area contributed by atoms with Crippen LogP contribution in [0.2, 0.25) is 0 Å². The predicted octanol–water partition coefficient (Wildman–Crippen LogP) is -0.356. The van der Waals surface area contributed by atoms with Gasteiger partial charge in [-0.05, 0) is 21.1 Å². The van der Waals surface area contributed by atoms with E-state index in [1.165, 1.54) is 0 Å². The molecule has 0 bridgehead atoms. The summed E-state index contributed by atoms with van der Waals surface area (Å²) in [4.78, 5) is 18.7. The van der Waals surface area contributed by atoms with Gasteiger partial charge >= 0.3 is 0 Å². The third-order valence-electron chi connectivity index (χ3n) is 0. The fourth-order valence-corrected chi connectivity index (χ4v) is 0. The van der Waals surface area contributed by atoms with E-state index in [9.17, 15) is 0 Å². The van der Waals surface area contributed by atoms with Gasteiger partial charge in [0, 0.05) is 0 Å². The lowest BCUT2D eigenvalue weighted by atomic mass is 11.0. The predicted molar refractivity (Wildman–Crippen MR) is 42.2 cm³/mol. The Morgan fingerprint density at radius 1 is 1.00 bits per heavy atom. The first-order valence-corrected chi connectivity index (χ1v) is 2.47. The molecule has 0 unspecified atom stereocenters. The Bertz CT molecular complexity index is 104. The third-order valence-corrected chi connectivity index (χ3v) is 0. The molecule has 0 saturated carbocycles. The molecule has 0 aromatic heterocycles. The maximum Gasteiger partial charge on any atom is 0.291 e. The minimum atomic E-state index is -1.50. The summed E-state index contributed by atoms with van der Waals surface area (Å²) in [6, 6.07) is 0. The molecular formula is C3H14N4O6. The Labute approximate surface area is 74.2 Å².